The Morgan fingerprint density at radius 3 is 2.56 bits per heavy atom. The van der Waals surface area contributed by atoms with E-state index in [2.05, 4.69) is 0 Å². The van der Waals surface area contributed by atoms with Crippen molar-refractivity contribution in [2.75, 3.05) is 13.7 Å². The Hall–Kier alpha value is -1.26. The number of ether oxygens (including phenoxy) is 2. The average molecular weight is 253 g/mol. The molecule has 0 heterocycles. The lowest BCUT2D eigenvalue weighted by Gasteiger charge is -2.19. The van der Waals surface area contributed by atoms with Gasteiger partial charge in [-0.15, -0.1) is 0 Å². The first-order valence-electron chi connectivity index (χ1n) is 6.12. The van der Waals surface area contributed by atoms with Crippen LogP contribution in [0.2, 0.25) is 0 Å². The van der Waals surface area contributed by atoms with Crippen molar-refractivity contribution in [2.45, 2.75) is 38.8 Å². The van der Waals surface area contributed by atoms with E-state index in [9.17, 15) is 5.11 Å². The first kappa shape index (κ1) is 14.8. The highest BCUT2D eigenvalue weighted by Gasteiger charge is 2.14. The van der Waals surface area contributed by atoms with Crippen LogP contribution in [0.25, 0.3) is 0 Å². The number of hydrogen-bond donors (Lipinski definition) is 2. The fourth-order valence-electron chi connectivity index (χ4n) is 1.55. The van der Waals surface area contributed by atoms with Gasteiger partial charge in [-0.1, -0.05) is 6.07 Å². The van der Waals surface area contributed by atoms with Crippen LogP contribution in [0.5, 0.6) is 11.5 Å². The van der Waals surface area contributed by atoms with Crippen molar-refractivity contribution in [3.63, 3.8) is 0 Å². The number of hydrogen-bond acceptors (Lipinski definition) is 4. The third-order valence-electron chi connectivity index (χ3n) is 2.68. The molecule has 3 N–H and O–H groups in total. The fraction of sp³-hybridized carbons (Fsp3) is 0.571. The minimum Gasteiger partial charge on any atom is -0.497 e. The van der Waals surface area contributed by atoms with E-state index in [1.807, 2.05) is 25.1 Å². The second-order valence-electron chi connectivity index (χ2n) is 5.10. The molecule has 0 amide bonds. The van der Waals surface area contributed by atoms with Gasteiger partial charge < -0.3 is 20.3 Å². The molecule has 1 aromatic rings. The molecule has 0 aliphatic rings. The maximum Gasteiger partial charge on any atom is 0.127 e. The average Bonchev–Trinajstić information content (AvgIpc) is 2.26. The van der Waals surface area contributed by atoms with E-state index in [1.54, 1.807) is 21.0 Å². The van der Waals surface area contributed by atoms with E-state index in [0.717, 1.165) is 11.3 Å². The summed E-state index contributed by atoms with van der Waals surface area (Å²) in [6.07, 6.45) is 0.558. The summed E-state index contributed by atoms with van der Waals surface area (Å²) < 4.78 is 10.9. The van der Waals surface area contributed by atoms with Gasteiger partial charge in [0.05, 0.1) is 19.3 Å². The van der Waals surface area contributed by atoms with Crippen LogP contribution in [0.15, 0.2) is 18.2 Å². The Labute approximate surface area is 109 Å². The molecule has 0 aliphatic heterocycles. The van der Waals surface area contributed by atoms with E-state index < -0.39 is 5.60 Å². The van der Waals surface area contributed by atoms with Crippen molar-refractivity contribution in [3.05, 3.63) is 23.8 Å². The first-order chi connectivity index (χ1) is 8.33. The molecule has 4 heteroatoms. The molecule has 0 spiro atoms. The molecular weight excluding hydrogens is 230 g/mol. The number of rotatable bonds is 6. The number of benzene rings is 1. The van der Waals surface area contributed by atoms with Gasteiger partial charge in [-0.05, 0) is 26.8 Å². The molecular formula is C14H23NO3. The van der Waals surface area contributed by atoms with Crippen molar-refractivity contribution in [1.82, 2.24) is 0 Å². The van der Waals surface area contributed by atoms with Gasteiger partial charge in [0.2, 0.25) is 0 Å². The Balaban J connectivity index is 2.78. The van der Waals surface area contributed by atoms with E-state index in [1.165, 1.54) is 0 Å². The van der Waals surface area contributed by atoms with Gasteiger partial charge in [0.25, 0.3) is 0 Å². The SMILES string of the molecule is COc1ccc([C@H](C)N)c(OCCC(C)(C)O)c1. The summed E-state index contributed by atoms with van der Waals surface area (Å²) >= 11 is 0. The molecule has 0 fully saturated rings. The monoisotopic (exact) mass is 253 g/mol. The summed E-state index contributed by atoms with van der Waals surface area (Å²) in [5.74, 6) is 1.45. The molecule has 0 aliphatic carbocycles. The third kappa shape index (κ3) is 4.55. The molecule has 0 saturated carbocycles. The molecule has 1 rings (SSSR count). The quantitative estimate of drug-likeness (QED) is 0.816. The van der Waals surface area contributed by atoms with E-state index >= 15 is 0 Å². The first-order valence-corrected chi connectivity index (χ1v) is 6.12. The maximum absolute atomic E-state index is 9.65. The fourth-order valence-corrected chi connectivity index (χ4v) is 1.55. The highest BCUT2D eigenvalue weighted by atomic mass is 16.5. The molecule has 0 saturated heterocycles. The van der Waals surface area contributed by atoms with Crippen LogP contribution < -0.4 is 15.2 Å². The van der Waals surface area contributed by atoms with Crippen LogP contribution in [0, 0.1) is 0 Å². The highest BCUT2D eigenvalue weighted by Crippen LogP contribution is 2.29. The van der Waals surface area contributed by atoms with Crippen molar-refractivity contribution in [2.24, 2.45) is 5.73 Å². The number of nitrogens with two attached hydrogens (primary N) is 1. The lowest BCUT2D eigenvalue weighted by atomic mass is 10.1. The van der Waals surface area contributed by atoms with E-state index in [0.29, 0.717) is 18.8 Å². The minimum absolute atomic E-state index is 0.104. The van der Waals surface area contributed by atoms with Gasteiger partial charge in [-0.25, -0.2) is 0 Å². The molecule has 1 atom stereocenters. The van der Waals surface area contributed by atoms with E-state index in [4.69, 9.17) is 15.2 Å². The van der Waals surface area contributed by atoms with Crippen LogP contribution in [0.4, 0.5) is 0 Å². The maximum atomic E-state index is 9.65. The zero-order valence-corrected chi connectivity index (χ0v) is 11.6. The summed E-state index contributed by atoms with van der Waals surface area (Å²) in [5.41, 5.74) is 6.10. The summed E-state index contributed by atoms with van der Waals surface area (Å²) in [4.78, 5) is 0. The van der Waals surface area contributed by atoms with Gasteiger partial charge in [-0.3, -0.25) is 0 Å². The second kappa shape index (κ2) is 6.07. The Morgan fingerprint density at radius 1 is 1.39 bits per heavy atom. The lowest BCUT2D eigenvalue weighted by molar-refractivity contribution is 0.0551. The predicted octanol–water partition coefficient (Wildman–Crippen LogP) is 2.25. The van der Waals surface area contributed by atoms with Crippen molar-refractivity contribution in [1.29, 1.82) is 0 Å². The summed E-state index contributed by atoms with van der Waals surface area (Å²) in [7, 11) is 1.61. The molecule has 1 aromatic carbocycles. The normalized spacial score (nSPS) is 13.2. The number of aliphatic hydroxyl groups is 1. The second-order valence-corrected chi connectivity index (χ2v) is 5.10. The van der Waals surface area contributed by atoms with Crippen LogP contribution in [-0.2, 0) is 0 Å². The van der Waals surface area contributed by atoms with Crippen LogP contribution in [0.1, 0.15) is 38.8 Å². The molecule has 0 unspecified atom stereocenters. The van der Waals surface area contributed by atoms with Gasteiger partial charge in [0, 0.05) is 24.1 Å². The third-order valence-corrected chi connectivity index (χ3v) is 2.68. The molecule has 4 nitrogen and oxygen atoms in total. The van der Waals surface area contributed by atoms with Crippen molar-refractivity contribution >= 4 is 0 Å². The zero-order chi connectivity index (χ0) is 13.8. The van der Waals surface area contributed by atoms with Gasteiger partial charge in [0.15, 0.2) is 0 Å². The summed E-state index contributed by atoms with van der Waals surface area (Å²) in [5, 5.41) is 9.65. The Bertz CT molecular complexity index is 383. The smallest absolute Gasteiger partial charge is 0.127 e. The van der Waals surface area contributed by atoms with Gasteiger partial charge >= 0.3 is 0 Å². The van der Waals surface area contributed by atoms with Gasteiger partial charge in [0.1, 0.15) is 11.5 Å². The molecule has 0 bridgehead atoms. The summed E-state index contributed by atoms with van der Waals surface area (Å²) in [6, 6.07) is 5.49. The molecule has 0 radical (unpaired) electrons. The van der Waals surface area contributed by atoms with Crippen LogP contribution >= 0.6 is 0 Å². The van der Waals surface area contributed by atoms with Crippen LogP contribution in [0.3, 0.4) is 0 Å². The standard InChI is InChI=1S/C14H23NO3/c1-10(15)12-6-5-11(17-4)9-13(12)18-8-7-14(2,3)16/h5-6,9-10,16H,7-8,15H2,1-4H3/t10-/m0/s1. The summed E-state index contributed by atoms with van der Waals surface area (Å²) in [6.45, 7) is 5.86. The van der Waals surface area contributed by atoms with Gasteiger partial charge in [-0.2, -0.15) is 0 Å². The molecule has 0 aromatic heterocycles. The topological polar surface area (TPSA) is 64.7 Å². The van der Waals surface area contributed by atoms with E-state index in [-0.39, 0.29) is 6.04 Å². The Kier molecular flexibility index (Phi) is 4.99. The molecule has 18 heavy (non-hydrogen) atoms. The predicted molar refractivity (Wildman–Crippen MR) is 72.0 cm³/mol. The zero-order valence-electron chi connectivity index (χ0n) is 11.6. The Morgan fingerprint density at radius 2 is 2.06 bits per heavy atom. The largest absolute Gasteiger partial charge is 0.497 e. The lowest BCUT2D eigenvalue weighted by Crippen LogP contribution is -2.22. The number of methoxy groups -OCH3 is 1. The van der Waals surface area contributed by atoms with Crippen LogP contribution in [-0.4, -0.2) is 24.4 Å². The molecule has 102 valence electrons. The van der Waals surface area contributed by atoms with Crippen molar-refractivity contribution in [3.8, 4) is 11.5 Å². The minimum atomic E-state index is -0.729. The highest BCUT2D eigenvalue weighted by molar-refractivity contribution is 5.42. The van der Waals surface area contributed by atoms with Crippen molar-refractivity contribution < 1.29 is 14.6 Å².